The van der Waals surface area contributed by atoms with Crippen LogP contribution in [0.5, 0.6) is 5.75 Å². The van der Waals surface area contributed by atoms with E-state index < -0.39 is 0 Å². The molecule has 2 amide bonds. The molecule has 23 heavy (non-hydrogen) atoms. The predicted octanol–water partition coefficient (Wildman–Crippen LogP) is 2.90. The second-order valence-corrected chi connectivity index (χ2v) is 7.18. The van der Waals surface area contributed by atoms with Gasteiger partial charge in [-0.3, -0.25) is 20.4 Å². The number of ether oxygens (including phenoxy) is 1. The first kappa shape index (κ1) is 19.0. The first-order chi connectivity index (χ1) is 10.6. The number of hydrazine groups is 1. The Morgan fingerprint density at radius 3 is 2.09 bits per heavy atom. The number of aryl methyl sites for hydroxylation is 2. The molecular formula is C18H28N2O3. The van der Waals surface area contributed by atoms with Crippen molar-refractivity contribution in [3.05, 3.63) is 29.3 Å². The van der Waals surface area contributed by atoms with Crippen molar-refractivity contribution in [2.24, 2.45) is 11.3 Å². The minimum absolute atomic E-state index is 0.0491. The Bertz CT molecular complexity index is 542. The molecule has 5 nitrogen and oxygen atoms in total. The minimum atomic E-state index is -0.388. The summed E-state index contributed by atoms with van der Waals surface area (Å²) in [6.07, 6.45) is 0.363. The van der Waals surface area contributed by atoms with Gasteiger partial charge in [-0.2, -0.15) is 0 Å². The van der Waals surface area contributed by atoms with Crippen LogP contribution in [-0.4, -0.2) is 18.4 Å². The maximum absolute atomic E-state index is 11.8. The molecule has 5 heteroatoms. The smallest absolute Gasteiger partial charge is 0.276 e. The third kappa shape index (κ3) is 7.17. The Labute approximate surface area is 138 Å². The molecule has 1 aromatic rings. The average molecular weight is 320 g/mol. The van der Waals surface area contributed by atoms with Crippen molar-refractivity contribution >= 4 is 11.8 Å². The van der Waals surface area contributed by atoms with Crippen molar-refractivity contribution < 1.29 is 14.3 Å². The lowest BCUT2D eigenvalue weighted by Crippen LogP contribution is -2.44. The molecule has 0 saturated carbocycles. The molecule has 0 radical (unpaired) electrons. The minimum Gasteiger partial charge on any atom is -0.484 e. The van der Waals surface area contributed by atoms with Crippen molar-refractivity contribution in [1.82, 2.24) is 10.9 Å². The van der Waals surface area contributed by atoms with Gasteiger partial charge in [0.15, 0.2) is 6.61 Å². The third-order valence-electron chi connectivity index (χ3n) is 3.88. The van der Waals surface area contributed by atoms with Gasteiger partial charge in [-0.1, -0.05) is 33.8 Å². The molecule has 0 saturated heterocycles. The van der Waals surface area contributed by atoms with Gasteiger partial charge < -0.3 is 4.74 Å². The molecule has 0 spiro atoms. The van der Waals surface area contributed by atoms with Gasteiger partial charge in [0.05, 0.1) is 0 Å². The van der Waals surface area contributed by atoms with Gasteiger partial charge in [-0.25, -0.2) is 0 Å². The summed E-state index contributed by atoms with van der Waals surface area (Å²) in [5.41, 5.74) is 7.00. The third-order valence-corrected chi connectivity index (χ3v) is 3.88. The second kappa shape index (κ2) is 7.99. The summed E-state index contributed by atoms with van der Waals surface area (Å²) in [4.78, 5) is 23.5. The number of nitrogens with one attached hydrogen (secondary N) is 2. The molecule has 0 bridgehead atoms. The highest BCUT2D eigenvalue weighted by Gasteiger charge is 2.22. The van der Waals surface area contributed by atoms with E-state index in [1.165, 1.54) is 0 Å². The number of carbonyl (C=O) groups excluding carboxylic acids is 2. The normalized spacial score (nSPS) is 12.4. The van der Waals surface area contributed by atoms with E-state index in [4.69, 9.17) is 4.74 Å². The van der Waals surface area contributed by atoms with Crippen LogP contribution in [0.25, 0.3) is 0 Å². The lowest BCUT2D eigenvalue weighted by atomic mass is 9.80. The molecule has 1 rings (SSSR count). The highest BCUT2D eigenvalue weighted by Crippen LogP contribution is 2.27. The van der Waals surface area contributed by atoms with Crippen LogP contribution in [0.15, 0.2) is 18.2 Å². The van der Waals surface area contributed by atoms with E-state index in [0.717, 1.165) is 11.1 Å². The largest absolute Gasteiger partial charge is 0.484 e. The first-order valence-electron chi connectivity index (χ1n) is 7.86. The zero-order valence-corrected chi connectivity index (χ0v) is 14.9. The van der Waals surface area contributed by atoms with Gasteiger partial charge in [0.2, 0.25) is 5.91 Å². The SMILES string of the molecule is Cc1cc(C)cc(OCC(=O)NNC(=O)CC(C)C(C)(C)C)c1. The molecule has 128 valence electrons. The van der Waals surface area contributed by atoms with Gasteiger partial charge in [-0.15, -0.1) is 0 Å². The Kier molecular flexibility index (Phi) is 6.61. The van der Waals surface area contributed by atoms with E-state index in [0.29, 0.717) is 12.2 Å². The highest BCUT2D eigenvalue weighted by atomic mass is 16.5. The van der Waals surface area contributed by atoms with Crippen LogP contribution in [0.3, 0.4) is 0 Å². The molecule has 1 aromatic carbocycles. The number of hydrogen-bond acceptors (Lipinski definition) is 3. The fourth-order valence-corrected chi connectivity index (χ4v) is 1.98. The number of carbonyl (C=O) groups is 2. The van der Waals surface area contributed by atoms with Crippen molar-refractivity contribution in [2.45, 2.75) is 48.0 Å². The Hall–Kier alpha value is -2.04. The van der Waals surface area contributed by atoms with E-state index in [1.54, 1.807) is 0 Å². The van der Waals surface area contributed by atoms with Crippen LogP contribution in [0, 0.1) is 25.2 Å². The number of amides is 2. The molecule has 0 fully saturated rings. The molecule has 1 unspecified atom stereocenters. The average Bonchev–Trinajstić information content (AvgIpc) is 2.40. The van der Waals surface area contributed by atoms with Crippen LogP contribution >= 0.6 is 0 Å². The maximum atomic E-state index is 11.8. The van der Waals surface area contributed by atoms with Crippen LogP contribution in [0.1, 0.15) is 45.2 Å². The predicted molar refractivity (Wildman–Crippen MR) is 90.9 cm³/mol. The van der Waals surface area contributed by atoms with Gasteiger partial charge in [0.1, 0.15) is 5.75 Å². The first-order valence-corrected chi connectivity index (χ1v) is 7.86. The fourth-order valence-electron chi connectivity index (χ4n) is 1.98. The lowest BCUT2D eigenvalue weighted by molar-refractivity contribution is -0.130. The van der Waals surface area contributed by atoms with Crippen LogP contribution < -0.4 is 15.6 Å². The number of hydrogen-bond donors (Lipinski definition) is 2. The van der Waals surface area contributed by atoms with Crippen molar-refractivity contribution in [1.29, 1.82) is 0 Å². The van der Waals surface area contributed by atoms with Crippen LogP contribution in [-0.2, 0) is 9.59 Å². The quantitative estimate of drug-likeness (QED) is 0.820. The molecule has 0 aliphatic heterocycles. The summed E-state index contributed by atoms with van der Waals surface area (Å²) >= 11 is 0. The van der Waals surface area contributed by atoms with Crippen molar-refractivity contribution in [3.63, 3.8) is 0 Å². The van der Waals surface area contributed by atoms with Crippen LogP contribution in [0.2, 0.25) is 0 Å². The number of benzene rings is 1. The van der Waals surface area contributed by atoms with E-state index in [-0.39, 0.29) is 29.8 Å². The summed E-state index contributed by atoms with van der Waals surface area (Å²) in [5.74, 6) is 0.268. The summed E-state index contributed by atoms with van der Waals surface area (Å²) in [7, 11) is 0. The maximum Gasteiger partial charge on any atom is 0.276 e. The van der Waals surface area contributed by atoms with E-state index in [1.807, 2.05) is 39.0 Å². The molecule has 0 heterocycles. The standard InChI is InChI=1S/C18H28N2O3/c1-12-7-13(2)9-15(8-12)23-11-17(22)20-19-16(21)10-14(3)18(4,5)6/h7-9,14H,10-11H2,1-6H3,(H,19,21)(H,20,22). The molecule has 0 aliphatic rings. The summed E-state index contributed by atoms with van der Waals surface area (Å²) in [6.45, 7) is 12.1. The Morgan fingerprint density at radius 1 is 1.04 bits per heavy atom. The van der Waals surface area contributed by atoms with E-state index >= 15 is 0 Å². The molecule has 2 N–H and O–H groups in total. The number of rotatable bonds is 5. The molecule has 0 aromatic heterocycles. The molecular weight excluding hydrogens is 292 g/mol. The highest BCUT2D eigenvalue weighted by molar-refractivity contribution is 5.82. The second-order valence-electron chi connectivity index (χ2n) is 7.18. The lowest BCUT2D eigenvalue weighted by Gasteiger charge is -2.26. The summed E-state index contributed by atoms with van der Waals surface area (Å²) in [5, 5.41) is 0. The van der Waals surface area contributed by atoms with E-state index in [2.05, 4.69) is 31.6 Å². The van der Waals surface area contributed by atoms with Crippen LogP contribution in [0.4, 0.5) is 0 Å². The molecule has 0 aliphatic carbocycles. The van der Waals surface area contributed by atoms with Gasteiger partial charge in [-0.05, 0) is 48.4 Å². The van der Waals surface area contributed by atoms with Crippen molar-refractivity contribution in [3.8, 4) is 5.75 Å². The fraction of sp³-hybridized carbons (Fsp3) is 0.556. The summed E-state index contributed by atoms with van der Waals surface area (Å²) < 4.78 is 5.43. The Morgan fingerprint density at radius 2 is 1.57 bits per heavy atom. The van der Waals surface area contributed by atoms with Crippen molar-refractivity contribution in [2.75, 3.05) is 6.61 Å². The summed E-state index contributed by atoms with van der Waals surface area (Å²) in [6, 6.07) is 5.76. The Balaban J connectivity index is 2.35. The zero-order valence-electron chi connectivity index (χ0n) is 14.9. The van der Waals surface area contributed by atoms with Gasteiger partial charge in [0.25, 0.3) is 5.91 Å². The molecule has 1 atom stereocenters. The topological polar surface area (TPSA) is 67.4 Å². The van der Waals surface area contributed by atoms with Gasteiger partial charge >= 0.3 is 0 Å². The zero-order chi connectivity index (χ0) is 17.6. The van der Waals surface area contributed by atoms with E-state index in [9.17, 15) is 9.59 Å². The van der Waals surface area contributed by atoms with Gasteiger partial charge in [0, 0.05) is 6.42 Å². The monoisotopic (exact) mass is 320 g/mol.